The van der Waals surface area contributed by atoms with Gasteiger partial charge in [-0.1, -0.05) is 104 Å². The lowest BCUT2D eigenvalue weighted by molar-refractivity contribution is -0.308. The normalized spacial score (nSPS) is 24.0. The molecule has 1 aliphatic heterocycles. The Bertz CT molecular complexity index is 1070. The van der Waals surface area contributed by atoms with Gasteiger partial charge in [0.05, 0.1) is 19.8 Å². The third-order valence-corrected chi connectivity index (χ3v) is 6.03. The van der Waals surface area contributed by atoms with E-state index in [1.807, 2.05) is 91.0 Å². The smallest absolute Gasteiger partial charge is 0.258 e. The van der Waals surface area contributed by atoms with Gasteiger partial charge < -0.3 is 23.7 Å². The van der Waals surface area contributed by atoms with Gasteiger partial charge in [0.15, 0.2) is 6.10 Å². The monoisotopic (exact) mass is 472 g/mol. The second kappa shape index (κ2) is 12.0. The molecule has 3 aromatic carbocycles. The van der Waals surface area contributed by atoms with E-state index in [9.17, 15) is 0 Å². The summed E-state index contributed by atoms with van der Waals surface area (Å²) in [6, 6.07) is 29.9. The fourth-order valence-electron chi connectivity index (χ4n) is 4.15. The Balaban J connectivity index is 1.62. The molecular weight excluding hydrogens is 440 g/mol. The molecule has 4 atom stereocenters. The maximum Gasteiger partial charge on any atom is 0.258 e. The van der Waals surface area contributed by atoms with Gasteiger partial charge in [0.1, 0.15) is 18.0 Å². The molecule has 1 aliphatic rings. The van der Waals surface area contributed by atoms with E-state index in [1.54, 1.807) is 13.2 Å². The van der Waals surface area contributed by atoms with Crippen LogP contribution in [0.1, 0.15) is 16.7 Å². The maximum atomic E-state index is 6.48. The highest BCUT2D eigenvalue weighted by molar-refractivity contribution is 5.19. The van der Waals surface area contributed by atoms with Crippen molar-refractivity contribution in [2.75, 3.05) is 7.11 Å². The van der Waals surface area contributed by atoms with E-state index in [2.05, 4.69) is 13.2 Å². The van der Waals surface area contributed by atoms with E-state index >= 15 is 0 Å². The van der Waals surface area contributed by atoms with Gasteiger partial charge in [-0.25, -0.2) is 0 Å². The molecule has 5 nitrogen and oxygen atoms in total. The zero-order valence-electron chi connectivity index (χ0n) is 20.0. The molecule has 0 aliphatic carbocycles. The third kappa shape index (κ3) is 6.08. The van der Waals surface area contributed by atoms with E-state index in [0.717, 1.165) is 16.7 Å². The number of rotatable bonds is 11. The van der Waals surface area contributed by atoms with Gasteiger partial charge in [-0.05, 0) is 22.8 Å². The maximum absolute atomic E-state index is 6.48. The molecule has 182 valence electrons. The van der Waals surface area contributed by atoms with E-state index in [-0.39, 0.29) is 0 Å². The summed E-state index contributed by atoms with van der Waals surface area (Å²) in [5, 5.41) is 0. The van der Waals surface area contributed by atoms with Crippen LogP contribution in [0.25, 0.3) is 0 Å². The van der Waals surface area contributed by atoms with Crippen molar-refractivity contribution >= 4 is 0 Å². The first kappa shape index (κ1) is 24.9. The van der Waals surface area contributed by atoms with Crippen LogP contribution < -0.4 is 0 Å². The molecule has 0 aromatic heterocycles. The van der Waals surface area contributed by atoms with Crippen LogP contribution in [0.2, 0.25) is 0 Å². The number of hydrogen-bond acceptors (Lipinski definition) is 5. The van der Waals surface area contributed by atoms with Crippen molar-refractivity contribution in [3.8, 4) is 0 Å². The van der Waals surface area contributed by atoms with Gasteiger partial charge >= 0.3 is 0 Å². The minimum atomic E-state index is -1.28. The first-order valence-corrected chi connectivity index (χ1v) is 11.7. The highest BCUT2D eigenvalue weighted by atomic mass is 16.7. The Labute approximate surface area is 207 Å². The van der Waals surface area contributed by atoms with Gasteiger partial charge in [-0.15, -0.1) is 0 Å². The van der Waals surface area contributed by atoms with Crippen molar-refractivity contribution in [3.63, 3.8) is 0 Å². The van der Waals surface area contributed by atoms with Crippen molar-refractivity contribution in [1.82, 2.24) is 0 Å². The van der Waals surface area contributed by atoms with Crippen LogP contribution in [-0.2, 0) is 43.5 Å². The largest absolute Gasteiger partial charge is 0.458 e. The molecule has 35 heavy (non-hydrogen) atoms. The molecule has 3 aromatic rings. The molecule has 0 unspecified atom stereocenters. The van der Waals surface area contributed by atoms with Crippen LogP contribution in [0.3, 0.4) is 0 Å². The van der Waals surface area contributed by atoms with Gasteiger partial charge in [0.25, 0.3) is 5.79 Å². The third-order valence-electron chi connectivity index (χ3n) is 6.03. The number of ether oxygens (including phenoxy) is 5. The molecule has 5 heteroatoms. The molecular formula is C30H32O5. The van der Waals surface area contributed by atoms with Crippen LogP contribution in [0, 0.1) is 0 Å². The quantitative estimate of drug-likeness (QED) is 0.329. The van der Waals surface area contributed by atoms with E-state index in [4.69, 9.17) is 23.7 Å². The molecule has 1 fully saturated rings. The summed E-state index contributed by atoms with van der Waals surface area (Å²) in [4.78, 5) is 0. The van der Waals surface area contributed by atoms with Crippen molar-refractivity contribution in [2.45, 2.75) is 43.9 Å². The van der Waals surface area contributed by atoms with E-state index in [0.29, 0.717) is 25.6 Å². The van der Waals surface area contributed by atoms with Gasteiger partial charge in [-0.3, -0.25) is 0 Å². The Hall–Kier alpha value is -3.22. The van der Waals surface area contributed by atoms with Gasteiger partial charge in [-0.2, -0.15) is 0 Å². The highest BCUT2D eigenvalue weighted by Gasteiger charge is 2.54. The lowest BCUT2D eigenvalue weighted by Gasteiger charge is -2.48. The standard InChI is InChI=1S/C30H32O5/c1-4-30(31-3)29(34-22-26-18-12-7-13-19-26)28(33-21-25-16-10-6-11-17-25)27(23(2)35-30)32-20-24-14-8-5-9-15-24/h4-19,27-29H,1-2,20-22H2,3H3/t27-,28+,29-,30+/m1/s1. The zero-order valence-corrected chi connectivity index (χ0v) is 20.0. The summed E-state index contributed by atoms with van der Waals surface area (Å²) >= 11 is 0. The predicted molar refractivity (Wildman–Crippen MR) is 135 cm³/mol. The molecule has 4 rings (SSSR count). The predicted octanol–water partition coefficient (Wildman–Crippen LogP) is 5.82. The van der Waals surface area contributed by atoms with Crippen LogP contribution in [0.15, 0.2) is 116 Å². The summed E-state index contributed by atoms with van der Waals surface area (Å²) < 4.78 is 31.3. The number of hydrogen-bond donors (Lipinski definition) is 0. The van der Waals surface area contributed by atoms with Crippen LogP contribution in [0.5, 0.6) is 0 Å². The molecule has 0 spiro atoms. The minimum absolute atomic E-state index is 0.344. The highest BCUT2D eigenvalue weighted by Crippen LogP contribution is 2.39. The minimum Gasteiger partial charge on any atom is -0.458 e. The summed E-state index contributed by atoms with van der Waals surface area (Å²) in [6.07, 6.45) is -0.218. The fourth-order valence-corrected chi connectivity index (χ4v) is 4.15. The van der Waals surface area contributed by atoms with Crippen molar-refractivity contribution < 1.29 is 23.7 Å². The van der Waals surface area contributed by atoms with Crippen molar-refractivity contribution in [1.29, 1.82) is 0 Å². The molecule has 1 saturated heterocycles. The van der Waals surface area contributed by atoms with E-state index < -0.39 is 24.1 Å². The SMILES string of the molecule is C=C[C@]1(OC)OC(=C)[C@@H](OCc2ccccc2)[C@H](OCc2ccccc2)[C@H]1OCc1ccccc1. The van der Waals surface area contributed by atoms with E-state index in [1.165, 1.54) is 0 Å². The second-order valence-corrected chi connectivity index (χ2v) is 8.39. The molecule has 0 radical (unpaired) electrons. The molecule has 0 amide bonds. The average Bonchev–Trinajstić information content (AvgIpc) is 2.92. The van der Waals surface area contributed by atoms with Crippen LogP contribution in [-0.4, -0.2) is 31.2 Å². The van der Waals surface area contributed by atoms with Crippen molar-refractivity contribution in [2.24, 2.45) is 0 Å². The molecule has 0 bridgehead atoms. The fraction of sp³-hybridized carbons (Fsp3) is 0.267. The van der Waals surface area contributed by atoms with Gasteiger partial charge in [0.2, 0.25) is 0 Å². The Kier molecular flexibility index (Phi) is 8.50. The number of methoxy groups -OCH3 is 1. The first-order chi connectivity index (χ1) is 17.1. The second-order valence-electron chi connectivity index (χ2n) is 8.39. The summed E-state index contributed by atoms with van der Waals surface area (Å²) in [7, 11) is 1.56. The van der Waals surface area contributed by atoms with Crippen molar-refractivity contribution in [3.05, 3.63) is 133 Å². The molecule has 1 heterocycles. The lowest BCUT2D eigenvalue weighted by atomic mass is 9.94. The summed E-state index contributed by atoms with van der Waals surface area (Å²) in [5.74, 6) is -0.875. The zero-order chi connectivity index (χ0) is 24.5. The first-order valence-electron chi connectivity index (χ1n) is 11.7. The van der Waals surface area contributed by atoms with Crippen LogP contribution >= 0.6 is 0 Å². The molecule has 0 saturated carbocycles. The lowest BCUT2D eigenvalue weighted by Crippen LogP contribution is -2.62. The topological polar surface area (TPSA) is 46.2 Å². The Morgan fingerprint density at radius 1 is 0.743 bits per heavy atom. The summed E-state index contributed by atoms with van der Waals surface area (Å²) in [6.45, 7) is 9.20. The molecule has 0 N–H and O–H groups in total. The van der Waals surface area contributed by atoms with Gasteiger partial charge in [0, 0.05) is 7.11 Å². The summed E-state index contributed by atoms with van der Waals surface area (Å²) in [5.41, 5.74) is 3.10. The number of benzene rings is 3. The Morgan fingerprint density at radius 2 is 1.20 bits per heavy atom. The Morgan fingerprint density at radius 3 is 1.66 bits per heavy atom. The average molecular weight is 473 g/mol. The van der Waals surface area contributed by atoms with Crippen LogP contribution in [0.4, 0.5) is 0 Å².